The first kappa shape index (κ1) is 18.1. The molecule has 6 heteroatoms. The molecule has 1 saturated heterocycles. The van der Waals surface area contributed by atoms with E-state index in [1.165, 1.54) is 0 Å². The highest BCUT2D eigenvalue weighted by atomic mass is 16.6. The molecule has 6 nitrogen and oxygen atoms in total. The topological polar surface area (TPSA) is 78.9 Å². The second-order valence-electron chi connectivity index (χ2n) is 7.24. The van der Waals surface area contributed by atoms with E-state index in [0.717, 1.165) is 24.1 Å². The number of aromatic carboxylic acids is 1. The molecule has 1 unspecified atom stereocenters. The largest absolute Gasteiger partial charge is 0.478 e. The Morgan fingerprint density at radius 2 is 2.04 bits per heavy atom. The number of ether oxygens (including phenoxy) is 1. The van der Waals surface area contributed by atoms with Crippen LogP contribution in [0.25, 0.3) is 0 Å². The van der Waals surface area contributed by atoms with Gasteiger partial charge in [-0.05, 0) is 58.2 Å². The maximum Gasteiger partial charge on any atom is 0.410 e. The van der Waals surface area contributed by atoms with Crippen molar-refractivity contribution in [2.45, 2.75) is 52.2 Å². The smallest absolute Gasteiger partial charge is 0.410 e. The van der Waals surface area contributed by atoms with Crippen molar-refractivity contribution in [2.24, 2.45) is 0 Å². The number of carbonyl (C=O) groups is 2. The van der Waals surface area contributed by atoms with E-state index in [0.29, 0.717) is 13.1 Å². The summed E-state index contributed by atoms with van der Waals surface area (Å²) in [6, 6.07) is 5.11. The Morgan fingerprint density at radius 1 is 1.33 bits per heavy atom. The summed E-state index contributed by atoms with van der Waals surface area (Å²) in [7, 11) is 0. The summed E-state index contributed by atoms with van der Waals surface area (Å²) in [6.45, 7) is 8.72. The van der Waals surface area contributed by atoms with E-state index in [1.807, 2.05) is 27.7 Å². The van der Waals surface area contributed by atoms with Crippen molar-refractivity contribution < 1.29 is 19.4 Å². The quantitative estimate of drug-likeness (QED) is 0.884. The van der Waals surface area contributed by atoms with Crippen LogP contribution < -0.4 is 5.32 Å². The molecule has 1 aliphatic heterocycles. The van der Waals surface area contributed by atoms with Gasteiger partial charge in [0.25, 0.3) is 0 Å². The maximum atomic E-state index is 12.2. The van der Waals surface area contributed by atoms with Crippen LogP contribution in [0.2, 0.25) is 0 Å². The lowest BCUT2D eigenvalue weighted by Crippen LogP contribution is -2.47. The number of hydrogen-bond donors (Lipinski definition) is 2. The molecular weight excluding hydrogens is 308 g/mol. The van der Waals surface area contributed by atoms with Crippen molar-refractivity contribution in [3.8, 4) is 0 Å². The third kappa shape index (κ3) is 4.88. The predicted octanol–water partition coefficient (Wildman–Crippen LogP) is 3.50. The number of likely N-dealkylation sites (tertiary alicyclic amines) is 1. The van der Waals surface area contributed by atoms with Crippen LogP contribution >= 0.6 is 0 Å². The van der Waals surface area contributed by atoms with Gasteiger partial charge >= 0.3 is 12.1 Å². The normalized spacial score (nSPS) is 18.2. The Labute approximate surface area is 142 Å². The van der Waals surface area contributed by atoms with E-state index in [1.54, 1.807) is 23.1 Å². The second kappa shape index (κ2) is 7.11. The molecule has 1 amide bonds. The Balaban J connectivity index is 2.04. The number of benzene rings is 1. The van der Waals surface area contributed by atoms with Gasteiger partial charge in [-0.15, -0.1) is 0 Å². The first-order chi connectivity index (χ1) is 11.2. The molecule has 132 valence electrons. The SMILES string of the molecule is Cc1ccc(C(=O)O)cc1NC1CCCN(C(=O)OC(C)(C)C)C1. The van der Waals surface area contributed by atoms with Gasteiger partial charge in [-0.1, -0.05) is 6.07 Å². The van der Waals surface area contributed by atoms with Crippen molar-refractivity contribution in [2.75, 3.05) is 18.4 Å². The lowest BCUT2D eigenvalue weighted by atomic mass is 10.0. The zero-order valence-corrected chi connectivity index (χ0v) is 14.8. The number of carboxylic acid groups (broad SMARTS) is 1. The number of nitrogens with one attached hydrogen (secondary N) is 1. The molecule has 0 aliphatic carbocycles. The first-order valence-corrected chi connectivity index (χ1v) is 8.24. The number of amides is 1. The van der Waals surface area contributed by atoms with Crippen molar-refractivity contribution >= 4 is 17.7 Å². The second-order valence-corrected chi connectivity index (χ2v) is 7.24. The van der Waals surface area contributed by atoms with E-state index < -0.39 is 11.6 Å². The molecular formula is C18H26N2O4. The van der Waals surface area contributed by atoms with Gasteiger partial charge in [-0.25, -0.2) is 9.59 Å². The molecule has 1 aromatic carbocycles. The van der Waals surface area contributed by atoms with Crippen molar-refractivity contribution in [1.29, 1.82) is 0 Å². The number of nitrogens with zero attached hydrogens (tertiary/aromatic N) is 1. The summed E-state index contributed by atoms with van der Waals surface area (Å²) in [5.74, 6) is -0.947. The molecule has 0 radical (unpaired) electrons. The van der Waals surface area contributed by atoms with E-state index in [2.05, 4.69) is 5.32 Å². The average Bonchev–Trinajstić information content (AvgIpc) is 2.48. The highest BCUT2D eigenvalue weighted by molar-refractivity contribution is 5.89. The van der Waals surface area contributed by atoms with Gasteiger partial charge in [0.1, 0.15) is 5.60 Å². The van der Waals surface area contributed by atoms with Crippen LogP contribution in [-0.4, -0.2) is 46.8 Å². The summed E-state index contributed by atoms with van der Waals surface area (Å²) in [6.07, 6.45) is 1.51. The Bertz CT molecular complexity index is 622. The van der Waals surface area contributed by atoms with Crippen molar-refractivity contribution in [3.05, 3.63) is 29.3 Å². The van der Waals surface area contributed by atoms with Crippen LogP contribution in [-0.2, 0) is 4.74 Å². The molecule has 1 aliphatic rings. The average molecular weight is 334 g/mol. The zero-order chi connectivity index (χ0) is 17.9. The molecule has 1 atom stereocenters. The molecule has 0 bridgehead atoms. The van der Waals surface area contributed by atoms with Crippen LogP contribution in [0.4, 0.5) is 10.5 Å². The fourth-order valence-electron chi connectivity index (χ4n) is 2.72. The van der Waals surface area contributed by atoms with Crippen LogP contribution in [0.5, 0.6) is 0 Å². The predicted molar refractivity (Wildman–Crippen MR) is 92.6 cm³/mol. The van der Waals surface area contributed by atoms with Crippen LogP contribution in [0.1, 0.15) is 49.5 Å². The van der Waals surface area contributed by atoms with Crippen LogP contribution in [0.15, 0.2) is 18.2 Å². The first-order valence-electron chi connectivity index (χ1n) is 8.24. The third-order valence-electron chi connectivity index (χ3n) is 3.92. The summed E-state index contributed by atoms with van der Waals surface area (Å²) in [4.78, 5) is 25.1. The Hall–Kier alpha value is -2.24. The minimum absolute atomic E-state index is 0.0778. The van der Waals surface area contributed by atoms with E-state index in [9.17, 15) is 9.59 Å². The number of hydrogen-bond acceptors (Lipinski definition) is 4. The Kier molecular flexibility index (Phi) is 5.36. The highest BCUT2D eigenvalue weighted by Gasteiger charge is 2.27. The summed E-state index contributed by atoms with van der Waals surface area (Å²) < 4.78 is 5.43. The van der Waals surface area contributed by atoms with Gasteiger partial charge in [-0.2, -0.15) is 0 Å². The molecule has 0 saturated carbocycles. The maximum absolute atomic E-state index is 12.2. The molecule has 0 spiro atoms. The monoisotopic (exact) mass is 334 g/mol. The van der Waals surface area contributed by atoms with Gasteiger partial charge < -0.3 is 20.1 Å². The van der Waals surface area contributed by atoms with Gasteiger partial charge in [0.15, 0.2) is 0 Å². The molecule has 24 heavy (non-hydrogen) atoms. The standard InChI is InChI=1S/C18H26N2O4/c1-12-7-8-13(16(21)22)10-15(12)19-14-6-5-9-20(11-14)17(23)24-18(2,3)4/h7-8,10,14,19H,5-6,9,11H2,1-4H3,(H,21,22). The summed E-state index contributed by atoms with van der Waals surface area (Å²) >= 11 is 0. The van der Waals surface area contributed by atoms with Crippen molar-refractivity contribution in [1.82, 2.24) is 4.90 Å². The molecule has 2 N–H and O–H groups in total. The highest BCUT2D eigenvalue weighted by Crippen LogP contribution is 2.22. The summed E-state index contributed by atoms with van der Waals surface area (Å²) in [5.41, 5.74) is 1.52. The molecule has 1 heterocycles. The van der Waals surface area contributed by atoms with E-state index in [-0.39, 0.29) is 17.7 Å². The fraction of sp³-hybridized carbons (Fsp3) is 0.556. The molecule has 1 aromatic rings. The minimum Gasteiger partial charge on any atom is -0.478 e. The number of aryl methyl sites for hydroxylation is 1. The minimum atomic E-state index is -0.947. The number of carboxylic acids is 1. The lowest BCUT2D eigenvalue weighted by molar-refractivity contribution is 0.0206. The van der Waals surface area contributed by atoms with Gasteiger partial charge in [0.2, 0.25) is 0 Å². The summed E-state index contributed by atoms with van der Waals surface area (Å²) in [5, 5.41) is 12.5. The van der Waals surface area contributed by atoms with Gasteiger partial charge in [0.05, 0.1) is 5.56 Å². The van der Waals surface area contributed by atoms with E-state index in [4.69, 9.17) is 9.84 Å². The van der Waals surface area contributed by atoms with Gasteiger partial charge in [0, 0.05) is 24.8 Å². The number of rotatable bonds is 3. The number of anilines is 1. The van der Waals surface area contributed by atoms with Gasteiger partial charge in [-0.3, -0.25) is 0 Å². The molecule has 0 aromatic heterocycles. The number of piperidine rings is 1. The number of carbonyl (C=O) groups excluding carboxylic acids is 1. The third-order valence-corrected chi connectivity index (χ3v) is 3.92. The van der Waals surface area contributed by atoms with Crippen molar-refractivity contribution in [3.63, 3.8) is 0 Å². The molecule has 2 rings (SSSR count). The molecule has 1 fully saturated rings. The zero-order valence-electron chi connectivity index (χ0n) is 14.8. The van der Waals surface area contributed by atoms with Crippen LogP contribution in [0.3, 0.4) is 0 Å². The fourth-order valence-corrected chi connectivity index (χ4v) is 2.72. The Morgan fingerprint density at radius 3 is 2.67 bits per heavy atom. The lowest BCUT2D eigenvalue weighted by Gasteiger charge is -2.35. The van der Waals surface area contributed by atoms with E-state index >= 15 is 0 Å². The van der Waals surface area contributed by atoms with Crippen LogP contribution in [0, 0.1) is 6.92 Å².